The molecule has 0 aromatic heterocycles. The first-order valence-corrected chi connectivity index (χ1v) is 10.2. The van der Waals surface area contributed by atoms with Gasteiger partial charge >= 0.3 is 6.09 Å². The Balaban J connectivity index is 2.87. The molecule has 1 aromatic carbocycles. The number of carbonyl (C=O) groups excluding carboxylic acids is 2. The highest BCUT2D eigenvalue weighted by Gasteiger charge is 2.19. The number of amides is 2. The normalized spacial score (nSPS) is 15.5. The number of nitrogens with zero attached hydrogens (tertiary/aromatic N) is 1. The topological polar surface area (TPSA) is 84.8 Å². The number of unbranched alkanes of at least 4 members (excludes halogenated alkanes) is 1. The van der Waals surface area contributed by atoms with E-state index in [-0.39, 0.29) is 11.7 Å². The third-order valence-electron chi connectivity index (χ3n) is 3.63. The Hall–Kier alpha value is -1.89. The SMILES string of the molecule is CCCC[C@H](C)C[S@@](=O)(=NC(=O)O[C@@H](C)c1ccccc1)NC(C)=O. The number of carbonyl (C=O) groups is 2. The second-order valence-corrected chi connectivity index (χ2v) is 8.24. The van der Waals surface area contributed by atoms with Gasteiger partial charge in [-0.3, -0.25) is 9.52 Å². The first-order valence-electron chi connectivity index (χ1n) is 8.54. The highest BCUT2D eigenvalue weighted by atomic mass is 32.2. The fourth-order valence-electron chi connectivity index (χ4n) is 2.43. The second kappa shape index (κ2) is 10.2. The van der Waals surface area contributed by atoms with Crippen LogP contribution in [0.1, 0.15) is 58.6 Å². The van der Waals surface area contributed by atoms with Crippen LogP contribution >= 0.6 is 0 Å². The van der Waals surface area contributed by atoms with Crippen molar-refractivity contribution >= 4 is 21.9 Å². The zero-order valence-corrected chi connectivity index (χ0v) is 16.2. The average molecular weight is 368 g/mol. The van der Waals surface area contributed by atoms with E-state index in [0.29, 0.717) is 0 Å². The summed E-state index contributed by atoms with van der Waals surface area (Å²) >= 11 is 0. The van der Waals surface area contributed by atoms with Gasteiger partial charge < -0.3 is 4.74 Å². The maximum atomic E-state index is 12.9. The fraction of sp³-hybridized carbons (Fsp3) is 0.556. The smallest absolute Gasteiger partial charge is 0.440 e. The van der Waals surface area contributed by atoms with Crippen molar-refractivity contribution in [3.05, 3.63) is 35.9 Å². The minimum atomic E-state index is -3.19. The van der Waals surface area contributed by atoms with Crippen molar-refractivity contribution in [1.82, 2.24) is 4.72 Å². The van der Waals surface area contributed by atoms with E-state index in [1.54, 1.807) is 6.92 Å². The van der Waals surface area contributed by atoms with Crippen LogP contribution in [0.2, 0.25) is 0 Å². The summed E-state index contributed by atoms with van der Waals surface area (Å²) in [7, 11) is -3.19. The predicted octanol–water partition coefficient (Wildman–Crippen LogP) is 4.23. The Labute approximate surface area is 150 Å². The van der Waals surface area contributed by atoms with Gasteiger partial charge in [-0.1, -0.05) is 57.0 Å². The van der Waals surface area contributed by atoms with Crippen LogP contribution in [0.5, 0.6) is 0 Å². The van der Waals surface area contributed by atoms with Gasteiger partial charge in [-0.05, 0) is 24.8 Å². The van der Waals surface area contributed by atoms with Gasteiger partial charge in [-0.2, -0.15) is 0 Å². The predicted molar refractivity (Wildman–Crippen MR) is 99.3 cm³/mol. The molecular formula is C18H28N2O4S. The van der Waals surface area contributed by atoms with Gasteiger partial charge in [0, 0.05) is 6.92 Å². The zero-order valence-electron chi connectivity index (χ0n) is 15.4. The van der Waals surface area contributed by atoms with Gasteiger partial charge in [0.1, 0.15) is 16.0 Å². The Morgan fingerprint density at radius 3 is 2.44 bits per heavy atom. The van der Waals surface area contributed by atoms with Gasteiger partial charge in [-0.15, -0.1) is 4.36 Å². The second-order valence-electron chi connectivity index (χ2n) is 6.24. The lowest BCUT2D eigenvalue weighted by atomic mass is 10.1. The molecule has 0 unspecified atom stereocenters. The Bertz CT molecular complexity index is 682. The summed E-state index contributed by atoms with van der Waals surface area (Å²) < 4.78 is 24.2. The maximum absolute atomic E-state index is 12.9. The van der Waals surface area contributed by atoms with E-state index in [4.69, 9.17) is 4.74 Å². The van der Waals surface area contributed by atoms with E-state index in [9.17, 15) is 13.8 Å². The third-order valence-corrected chi connectivity index (χ3v) is 5.70. The van der Waals surface area contributed by atoms with Crippen molar-refractivity contribution in [2.24, 2.45) is 10.3 Å². The van der Waals surface area contributed by atoms with Crippen molar-refractivity contribution in [1.29, 1.82) is 0 Å². The molecule has 25 heavy (non-hydrogen) atoms. The molecule has 1 aromatic rings. The van der Waals surface area contributed by atoms with E-state index in [1.807, 2.05) is 37.3 Å². The average Bonchev–Trinajstić information content (AvgIpc) is 2.52. The van der Waals surface area contributed by atoms with Crippen molar-refractivity contribution in [3.8, 4) is 0 Å². The van der Waals surface area contributed by atoms with Crippen molar-refractivity contribution in [2.45, 2.75) is 53.1 Å². The standard InChI is InChI=1S/C18H28N2O4S/c1-5-6-10-14(2)13-25(23,19-16(4)21)20-18(22)24-15(3)17-11-8-7-9-12-17/h7-9,11-12,14-15H,5-6,10,13H2,1-4H3,(H,19,20,21,22,23)/t14-,15-,25-/m0/s1. The molecule has 0 saturated carbocycles. The van der Waals surface area contributed by atoms with E-state index in [0.717, 1.165) is 24.8 Å². The van der Waals surface area contributed by atoms with Gasteiger partial charge in [-0.25, -0.2) is 9.00 Å². The number of rotatable bonds is 8. The molecule has 2 amide bonds. The van der Waals surface area contributed by atoms with E-state index < -0.39 is 28.0 Å². The van der Waals surface area contributed by atoms with E-state index in [2.05, 4.69) is 16.0 Å². The van der Waals surface area contributed by atoms with Crippen LogP contribution in [0, 0.1) is 5.92 Å². The summed E-state index contributed by atoms with van der Waals surface area (Å²) in [6, 6.07) is 9.20. The lowest BCUT2D eigenvalue weighted by molar-refractivity contribution is -0.117. The Kier molecular flexibility index (Phi) is 8.61. The molecule has 0 aliphatic carbocycles. The lowest BCUT2D eigenvalue weighted by Gasteiger charge is -2.16. The quantitative estimate of drug-likeness (QED) is 0.744. The fourth-order valence-corrected chi connectivity index (χ4v) is 4.31. The summed E-state index contributed by atoms with van der Waals surface area (Å²) in [6.45, 7) is 6.98. The highest BCUT2D eigenvalue weighted by Crippen LogP contribution is 2.18. The Morgan fingerprint density at radius 1 is 1.24 bits per heavy atom. The zero-order chi connectivity index (χ0) is 18.9. The minimum Gasteiger partial charge on any atom is -0.440 e. The molecule has 1 N–H and O–H groups in total. The molecule has 140 valence electrons. The van der Waals surface area contributed by atoms with Crippen LogP contribution < -0.4 is 4.72 Å². The van der Waals surface area contributed by atoms with Gasteiger partial charge in [0.2, 0.25) is 5.91 Å². The number of ether oxygens (including phenoxy) is 1. The van der Waals surface area contributed by atoms with Crippen LogP contribution in [0.25, 0.3) is 0 Å². The maximum Gasteiger partial charge on any atom is 0.443 e. The van der Waals surface area contributed by atoms with Gasteiger partial charge in [0.15, 0.2) is 0 Å². The van der Waals surface area contributed by atoms with Crippen LogP contribution in [-0.4, -0.2) is 22.0 Å². The first-order chi connectivity index (χ1) is 11.8. The summed E-state index contributed by atoms with van der Waals surface area (Å²) in [5, 5.41) is 0. The molecule has 0 bridgehead atoms. The molecule has 0 heterocycles. The molecule has 0 fully saturated rings. The molecule has 0 spiro atoms. The van der Waals surface area contributed by atoms with Gasteiger partial charge in [0.05, 0.1) is 5.75 Å². The van der Waals surface area contributed by atoms with Gasteiger partial charge in [0.25, 0.3) is 0 Å². The number of hydrogen-bond donors (Lipinski definition) is 1. The summed E-state index contributed by atoms with van der Waals surface area (Å²) in [5.41, 5.74) is 0.813. The van der Waals surface area contributed by atoms with Crippen molar-refractivity contribution < 1.29 is 18.5 Å². The van der Waals surface area contributed by atoms with Crippen LogP contribution in [0.4, 0.5) is 4.79 Å². The number of hydrogen-bond acceptors (Lipinski definition) is 4. The monoisotopic (exact) mass is 368 g/mol. The third kappa shape index (κ3) is 8.16. The Morgan fingerprint density at radius 2 is 1.88 bits per heavy atom. The summed E-state index contributed by atoms with van der Waals surface area (Å²) in [5.74, 6) is -0.288. The van der Waals surface area contributed by atoms with Crippen LogP contribution in [-0.2, 0) is 19.4 Å². The molecule has 0 saturated heterocycles. The molecule has 7 heteroatoms. The largest absolute Gasteiger partial charge is 0.443 e. The van der Waals surface area contributed by atoms with E-state index >= 15 is 0 Å². The molecule has 0 aliphatic heterocycles. The molecule has 0 radical (unpaired) electrons. The van der Waals surface area contributed by atoms with Crippen molar-refractivity contribution in [3.63, 3.8) is 0 Å². The van der Waals surface area contributed by atoms with Crippen molar-refractivity contribution in [2.75, 3.05) is 5.75 Å². The molecule has 3 atom stereocenters. The molecule has 0 aliphatic rings. The summed E-state index contributed by atoms with van der Waals surface area (Å²) in [6.07, 6.45) is 1.43. The van der Waals surface area contributed by atoms with Crippen LogP contribution in [0.15, 0.2) is 34.7 Å². The molecule has 6 nitrogen and oxygen atoms in total. The highest BCUT2D eigenvalue weighted by molar-refractivity contribution is 7.92. The molecular weight excluding hydrogens is 340 g/mol. The van der Waals surface area contributed by atoms with E-state index in [1.165, 1.54) is 6.92 Å². The minimum absolute atomic E-state index is 0.0717. The lowest BCUT2D eigenvalue weighted by Crippen LogP contribution is -2.33. The first kappa shape index (κ1) is 21.2. The summed E-state index contributed by atoms with van der Waals surface area (Å²) in [4.78, 5) is 23.5. The number of nitrogens with one attached hydrogen (secondary N) is 1. The molecule has 1 rings (SSSR count). The van der Waals surface area contributed by atoms with Crippen LogP contribution in [0.3, 0.4) is 0 Å². The number of benzene rings is 1.